The van der Waals surface area contributed by atoms with Gasteiger partial charge in [0.05, 0.1) is 31.3 Å². The van der Waals surface area contributed by atoms with Crippen LogP contribution in [0.3, 0.4) is 0 Å². The monoisotopic (exact) mass is 545 g/mol. The standard InChI is InChI=1S/C32H39N3O5/c1-34(32(38)31(24-10-5-3-6-11-24)25-12-7-4-8-13-25)29(22-35-17-16-28(36)21-35)26-14-9-15-27(20-26)33-30(37)23-40-19-18-39-2/h3-15,20,28-29,31,36H,16-19,21-23H2,1-2H3,(H,33,37)/t28-,29+/m0/s1. The summed E-state index contributed by atoms with van der Waals surface area (Å²) in [5.74, 6) is -0.751. The summed E-state index contributed by atoms with van der Waals surface area (Å²) < 4.78 is 10.3. The molecule has 4 rings (SSSR count). The van der Waals surface area contributed by atoms with Crippen LogP contribution in [0.1, 0.15) is 35.1 Å². The van der Waals surface area contributed by atoms with Crippen molar-refractivity contribution in [3.8, 4) is 0 Å². The number of nitrogens with zero attached hydrogens (tertiary/aromatic N) is 2. The number of anilines is 1. The van der Waals surface area contributed by atoms with Gasteiger partial charge in [0, 0.05) is 39.5 Å². The minimum Gasteiger partial charge on any atom is -0.392 e. The predicted molar refractivity (Wildman–Crippen MR) is 155 cm³/mol. The van der Waals surface area contributed by atoms with E-state index in [4.69, 9.17) is 9.47 Å². The molecule has 8 nitrogen and oxygen atoms in total. The van der Waals surface area contributed by atoms with Gasteiger partial charge < -0.3 is 24.8 Å². The highest BCUT2D eigenvalue weighted by atomic mass is 16.5. The maximum atomic E-state index is 14.3. The van der Waals surface area contributed by atoms with E-state index in [0.29, 0.717) is 38.4 Å². The van der Waals surface area contributed by atoms with Crippen LogP contribution in [0.25, 0.3) is 0 Å². The largest absolute Gasteiger partial charge is 0.392 e. The van der Waals surface area contributed by atoms with Crippen molar-refractivity contribution in [2.24, 2.45) is 0 Å². The van der Waals surface area contributed by atoms with Gasteiger partial charge in [-0.2, -0.15) is 0 Å². The number of carbonyl (C=O) groups excluding carboxylic acids is 2. The third-order valence-corrected chi connectivity index (χ3v) is 7.23. The molecule has 8 heteroatoms. The second kappa shape index (κ2) is 14.7. The zero-order valence-electron chi connectivity index (χ0n) is 23.2. The topological polar surface area (TPSA) is 91.3 Å². The lowest BCUT2D eigenvalue weighted by molar-refractivity contribution is -0.133. The Labute approximate surface area is 236 Å². The maximum Gasteiger partial charge on any atom is 0.250 e. The van der Waals surface area contributed by atoms with E-state index in [1.54, 1.807) is 7.11 Å². The molecule has 2 atom stereocenters. The van der Waals surface area contributed by atoms with Crippen LogP contribution in [-0.4, -0.2) is 86.4 Å². The first-order valence-corrected chi connectivity index (χ1v) is 13.7. The van der Waals surface area contributed by atoms with E-state index in [-0.39, 0.29) is 30.6 Å². The van der Waals surface area contributed by atoms with Crippen LogP contribution in [0.5, 0.6) is 0 Å². The highest BCUT2D eigenvalue weighted by Crippen LogP contribution is 2.32. The van der Waals surface area contributed by atoms with E-state index < -0.39 is 5.92 Å². The molecule has 2 N–H and O–H groups in total. The van der Waals surface area contributed by atoms with E-state index in [0.717, 1.165) is 23.2 Å². The van der Waals surface area contributed by atoms with Crippen molar-refractivity contribution in [3.63, 3.8) is 0 Å². The summed E-state index contributed by atoms with van der Waals surface area (Å²) in [6, 6.07) is 26.9. The fourth-order valence-electron chi connectivity index (χ4n) is 5.13. The van der Waals surface area contributed by atoms with Gasteiger partial charge in [-0.05, 0) is 35.2 Å². The Morgan fingerprint density at radius 1 is 0.975 bits per heavy atom. The summed E-state index contributed by atoms with van der Waals surface area (Å²) in [4.78, 5) is 30.7. The van der Waals surface area contributed by atoms with Crippen molar-refractivity contribution in [2.45, 2.75) is 24.5 Å². The molecule has 0 aromatic heterocycles. The van der Waals surface area contributed by atoms with Crippen molar-refractivity contribution in [2.75, 3.05) is 58.9 Å². The normalized spacial score (nSPS) is 16.1. The molecule has 1 aliphatic heterocycles. The molecule has 0 aliphatic carbocycles. The summed E-state index contributed by atoms with van der Waals surface area (Å²) >= 11 is 0. The summed E-state index contributed by atoms with van der Waals surface area (Å²) in [6.07, 6.45) is 0.340. The van der Waals surface area contributed by atoms with Gasteiger partial charge in [0.2, 0.25) is 11.8 Å². The van der Waals surface area contributed by atoms with Gasteiger partial charge in [0.1, 0.15) is 6.61 Å². The molecule has 2 amide bonds. The number of benzene rings is 3. The molecule has 3 aromatic rings. The first-order chi connectivity index (χ1) is 19.5. The van der Waals surface area contributed by atoms with Crippen LogP contribution in [-0.2, 0) is 19.1 Å². The SMILES string of the molecule is COCCOCC(=O)Nc1cccc([C@@H](CN2CC[C@H](O)C2)N(C)C(=O)C(c2ccccc2)c2ccccc2)c1. The molecule has 1 heterocycles. The van der Waals surface area contributed by atoms with Crippen LogP contribution < -0.4 is 5.32 Å². The quantitative estimate of drug-likeness (QED) is 0.319. The molecule has 1 aliphatic rings. The van der Waals surface area contributed by atoms with E-state index in [2.05, 4.69) is 10.2 Å². The highest BCUT2D eigenvalue weighted by molar-refractivity contribution is 5.92. The van der Waals surface area contributed by atoms with Gasteiger partial charge in [-0.25, -0.2) is 0 Å². The molecule has 0 bridgehead atoms. The minimum atomic E-state index is -0.466. The number of aliphatic hydroxyl groups excluding tert-OH is 1. The van der Waals surface area contributed by atoms with Gasteiger partial charge >= 0.3 is 0 Å². The lowest BCUT2D eigenvalue weighted by Gasteiger charge is -2.35. The van der Waals surface area contributed by atoms with Gasteiger partial charge in [-0.15, -0.1) is 0 Å². The van der Waals surface area contributed by atoms with Gasteiger partial charge in [0.15, 0.2) is 0 Å². The van der Waals surface area contributed by atoms with Gasteiger partial charge in [-0.3, -0.25) is 14.5 Å². The first kappa shape index (κ1) is 29.4. The fraction of sp³-hybridized carbons (Fsp3) is 0.375. The third-order valence-electron chi connectivity index (χ3n) is 7.23. The van der Waals surface area contributed by atoms with Crippen LogP contribution in [0.15, 0.2) is 84.9 Å². The Hall–Kier alpha value is -3.56. The fourth-order valence-corrected chi connectivity index (χ4v) is 5.13. The molecule has 40 heavy (non-hydrogen) atoms. The number of carbonyl (C=O) groups is 2. The summed E-state index contributed by atoms with van der Waals surface area (Å²) in [7, 11) is 3.42. The first-order valence-electron chi connectivity index (χ1n) is 13.7. The van der Waals surface area contributed by atoms with Crippen LogP contribution in [0.4, 0.5) is 5.69 Å². The Morgan fingerprint density at radius 3 is 2.23 bits per heavy atom. The smallest absolute Gasteiger partial charge is 0.250 e. The molecule has 1 saturated heterocycles. The number of hydrogen-bond donors (Lipinski definition) is 2. The van der Waals surface area contributed by atoms with Crippen LogP contribution in [0, 0.1) is 0 Å². The number of amides is 2. The number of likely N-dealkylation sites (tertiary alicyclic amines) is 1. The lowest BCUT2D eigenvalue weighted by atomic mass is 9.89. The second-order valence-corrected chi connectivity index (χ2v) is 10.1. The maximum absolute atomic E-state index is 14.3. The third kappa shape index (κ3) is 7.99. The highest BCUT2D eigenvalue weighted by Gasteiger charge is 2.33. The van der Waals surface area contributed by atoms with Crippen LogP contribution >= 0.6 is 0 Å². The second-order valence-electron chi connectivity index (χ2n) is 10.1. The number of β-amino-alcohol motifs (C(OH)–C–C–N with tert-alkyl or cyclic N) is 1. The molecule has 212 valence electrons. The Bertz CT molecular complexity index is 1180. The molecule has 0 saturated carbocycles. The zero-order chi connectivity index (χ0) is 28.3. The average molecular weight is 546 g/mol. The summed E-state index contributed by atoms with van der Waals surface area (Å²) in [6.45, 7) is 2.57. The number of methoxy groups -OCH3 is 1. The Morgan fingerprint density at radius 2 is 1.62 bits per heavy atom. The number of nitrogens with one attached hydrogen (secondary N) is 1. The summed E-state index contributed by atoms with van der Waals surface area (Å²) in [5.41, 5.74) is 3.38. The van der Waals surface area contributed by atoms with Crippen molar-refractivity contribution in [1.82, 2.24) is 9.80 Å². The zero-order valence-corrected chi connectivity index (χ0v) is 23.2. The molecule has 3 aromatic carbocycles. The lowest BCUT2D eigenvalue weighted by Crippen LogP contribution is -2.41. The van der Waals surface area contributed by atoms with E-state index in [1.807, 2.05) is 96.9 Å². The Balaban J connectivity index is 1.60. The van der Waals surface area contributed by atoms with Gasteiger partial charge in [0.25, 0.3) is 0 Å². The number of aliphatic hydroxyl groups is 1. The number of likely N-dealkylation sites (N-methyl/N-ethyl adjacent to an activating group) is 1. The number of hydrogen-bond acceptors (Lipinski definition) is 6. The Kier molecular flexibility index (Phi) is 10.8. The van der Waals surface area contributed by atoms with E-state index in [1.165, 1.54) is 0 Å². The number of ether oxygens (including phenoxy) is 2. The summed E-state index contributed by atoms with van der Waals surface area (Å²) in [5, 5.41) is 13.1. The van der Waals surface area contributed by atoms with Crippen LogP contribution in [0.2, 0.25) is 0 Å². The minimum absolute atomic E-state index is 0.0249. The van der Waals surface area contributed by atoms with Crippen molar-refractivity contribution in [3.05, 3.63) is 102 Å². The molecular weight excluding hydrogens is 506 g/mol. The molecule has 0 spiro atoms. The molecular formula is C32H39N3O5. The van der Waals surface area contributed by atoms with Crippen molar-refractivity contribution in [1.29, 1.82) is 0 Å². The van der Waals surface area contributed by atoms with Gasteiger partial charge in [-0.1, -0.05) is 72.8 Å². The van der Waals surface area contributed by atoms with Crippen molar-refractivity contribution >= 4 is 17.5 Å². The molecule has 0 radical (unpaired) electrons. The van der Waals surface area contributed by atoms with E-state index in [9.17, 15) is 14.7 Å². The van der Waals surface area contributed by atoms with Crippen molar-refractivity contribution < 1.29 is 24.2 Å². The number of rotatable bonds is 13. The molecule has 0 unspecified atom stereocenters. The average Bonchev–Trinajstić information content (AvgIpc) is 3.39. The van der Waals surface area contributed by atoms with E-state index >= 15 is 0 Å². The predicted octanol–water partition coefficient (Wildman–Crippen LogP) is 3.69. The molecule has 1 fully saturated rings.